The monoisotopic (exact) mass is 431 g/mol. The maximum absolute atomic E-state index is 13.0. The van der Waals surface area contributed by atoms with E-state index in [0.29, 0.717) is 28.1 Å². The van der Waals surface area contributed by atoms with Crippen LogP contribution >= 0.6 is 15.9 Å². The van der Waals surface area contributed by atoms with Gasteiger partial charge in [0.05, 0.1) is 0 Å². The molecule has 2 aromatic heterocycles. The molecule has 0 saturated carbocycles. The molecule has 0 bridgehead atoms. The van der Waals surface area contributed by atoms with E-state index in [1.165, 1.54) is 6.92 Å². The van der Waals surface area contributed by atoms with Crippen LogP contribution in [0.15, 0.2) is 33.2 Å². The lowest BCUT2D eigenvalue weighted by molar-refractivity contribution is -0.146. The van der Waals surface area contributed by atoms with Crippen molar-refractivity contribution in [3.05, 3.63) is 57.0 Å². The summed E-state index contributed by atoms with van der Waals surface area (Å²) >= 11 is 3.39. The number of aromatic nitrogens is 3. The number of ketones is 1. The Morgan fingerprint density at radius 1 is 1.26 bits per heavy atom. The zero-order valence-corrected chi connectivity index (χ0v) is 16.9. The maximum atomic E-state index is 13.0. The second-order valence-corrected chi connectivity index (χ2v) is 7.08. The fraction of sp³-hybridized carbons (Fsp3) is 0.263. The number of hydrogen-bond donors (Lipinski definition) is 1. The van der Waals surface area contributed by atoms with Crippen molar-refractivity contribution >= 4 is 27.7 Å². The third-order valence-corrected chi connectivity index (χ3v) is 4.59. The van der Waals surface area contributed by atoms with Crippen LogP contribution in [-0.4, -0.2) is 26.9 Å². The summed E-state index contributed by atoms with van der Waals surface area (Å²) in [6, 6.07) is 7.23. The van der Waals surface area contributed by atoms with Crippen LogP contribution in [0, 0.1) is 13.8 Å². The molecule has 1 atom stereocenters. The first-order valence-electron chi connectivity index (χ1n) is 8.28. The molecule has 140 valence electrons. The van der Waals surface area contributed by atoms with Crippen LogP contribution < -0.4 is 0 Å². The van der Waals surface area contributed by atoms with Crippen LogP contribution in [0.4, 0.5) is 0 Å². The van der Waals surface area contributed by atoms with Gasteiger partial charge in [0.15, 0.2) is 11.9 Å². The Morgan fingerprint density at radius 2 is 2.00 bits per heavy atom. The van der Waals surface area contributed by atoms with Gasteiger partial charge in [0.2, 0.25) is 0 Å². The predicted octanol–water partition coefficient (Wildman–Crippen LogP) is 4.30. The molecule has 0 amide bonds. The highest BCUT2D eigenvalue weighted by Gasteiger charge is 2.24. The van der Waals surface area contributed by atoms with Crippen molar-refractivity contribution in [1.82, 2.24) is 15.2 Å². The SMILES string of the molecule is CC(=O)OC(C)c1nnc(-c2[nH]c(C)c(C(=O)c3cccc(Br)c3)c2C)o1. The average Bonchev–Trinajstić information content (AvgIpc) is 3.18. The highest BCUT2D eigenvalue weighted by Crippen LogP contribution is 2.30. The molecule has 0 aliphatic carbocycles. The van der Waals surface area contributed by atoms with E-state index in [-0.39, 0.29) is 17.6 Å². The number of carbonyl (C=O) groups is 2. The summed E-state index contributed by atoms with van der Waals surface area (Å²) in [6.45, 7) is 6.60. The van der Waals surface area contributed by atoms with Gasteiger partial charge in [-0.3, -0.25) is 9.59 Å². The van der Waals surface area contributed by atoms with Crippen LogP contribution in [-0.2, 0) is 9.53 Å². The number of aryl methyl sites for hydroxylation is 1. The fourth-order valence-corrected chi connectivity index (χ4v) is 3.28. The first-order chi connectivity index (χ1) is 12.8. The third-order valence-electron chi connectivity index (χ3n) is 4.10. The second kappa shape index (κ2) is 7.48. The first kappa shape index (κ1) is 19.0. The number of benzene rings is 1. The number of H-pyrrole nitrogens is 1. The van der Waals surface area contributed by atoms with Crippen molar-refractivity contribution in [3.8, 4) is 11.6 Å². The van der Waals surface area contributed by atoms with E-state index < -0.39 is 12.1 Å². The van der Waals surface area contributed by atoms with E-state index in [0.717, 1.165) is 4.47 Å². The van der Waals surface area contributed by atoms with Gasteiger partial charge in [-0.15, -0.1) is 10.2 Å². The van der Waals surface area contributed by atoms with Gasteiger partial charge < -0.3 is 14.1 Å². The molecule has 0 fully saturated rings. The van der Waals surface area contributed by atoms with E-state index in [9.17, 15) is 9.59 Å². The molecule has 3 aromatic rings. The molecule has 27 heavy (non-hydrogen) atoms. The first-order valence-corrected chi connectivity index (χ1v) is 9.07. The average molecular weight is 432 g/mol. The molecule has 2 heterocycles. The molecule has 0 aliphatic rings. The number of nitrogens with zero attached hydrogens (tertiary/aromatic N) is 2. The summed E-state index contributed by atoms with van der Waals surface area (Å²) in [7, 11) is 0. The number of carbonyl (C=O) groups excluding carboxylic acids is 2. The number of hydrogen-bond acceptors (Lipinski definition) is 6. The Morgan fingerprint density at radius 3 is 2.67 bits per heavy atom. The second-order valence-electron chi connectivity index (χ2n) is 6.16. The largest absolute Gasteiger partial charge is 0.453 e. The molecule has 0 spiro atoms. The Labute approximate surface area is 164 Å². The minimum absolute atomic E-state index is 0.0955. The van der Waals surface area contributed by atoms with Crippen LogP contribution in [0.5, 0.6) is 0 Å². The summed E-state index contributed by atoms with van der Waals surface area (Å²) in [5.74, 6) is -0.109. The number of nitrogens with one attached hydrogen (secondary N) is 1. The molecule has 8 heteroatoms. The predicted molar refractivity (Wildman–Crippen MR) is 101 cm³/mol. The molecular weight excluding hydrogens is 414 g/mol. The van der Waals surface area contributed by atoms with Crippen molar-refractivity contribution in [2.45, 2.75) is 33.8 Å². The summed E-state index contributed by atoms with van der Waals surface area (Å²) in [5, 5.41) is 7.95. The maximum Gasteiger partial charge on any atom is 0.303 e. The summed E-state index contributed by atoms with van der Waals surface area (Å²) in [6.07, 6.45) is -0.650. The van der Waals surface area contributed by atoms with Crippen molar-refractivity contribution < 1.29 is 18.7 Å². The fourth-order valence-electron chi connectivity index (χ4n) is 2.88. The molecule has 1 N–H and O–H groups in total. The lowest BCUT2D eigenvalue weighted by Gasteiger charge is -2.05. The van der Waals surface area contributed by atoms with Crippen molar-refractivity contribution in [2.75, 3.05) is 0 Å². The van der Waals surface area contributed by atoms with Gasteiger partial charge in [0.25, 0.3) is 11.8 Å². The van der Waals surface area contributed by atoms with E-state index in [4.69, 9.17) is 9.15 Å². The molecule has 7 nitrogen and oxygen atoms in total. The topological polar surface area (TPSA) is 98.1 Å². The minimum Gasteiger partial charge on any atom is -0.453 e. The Hall–Kier alpha value is -2.74. The van der Waals surface area contributed by atoms with Gasteiger partial charge in [-0.25, -0.2) is 0 Å². The Kier molecular flexibility index (Phi) is 5.27. The zero-order chi connectivity index (χ0) is 19.7. The van der Waals surface area contributed by atoms with E-state index >= 15 is 0 Å². The Balaban J connectivity index is 1.96. The summed E-state index contributed by atoms with van der Waals surface area (Å²) < 4.78 is 11.5. The lowest BCUT2D eigenvalue weighted by Crippen LogP contribution is -2.04. The van der Waals surface area contributed by atoms with Crippen molar-refractivity contribution in [3.63, 3.8) is 0 Å². The molecule has 1 unspecified atom stereocenters. The standard InChI is InChI=1S/C19H18BrN3O4/c1-9-15(17(25)13-6-5-7-14(20)8-13)10(2)21-16(9)19-23-22-18(27-19)11(3)26-12(4)24/h5-8,11,21H,1-4H3. The quantitative estimate of drug-likeness (QED) is 0.477. The lowest BCUT2D eigenvalue weighted by atomic mass is 10.00. The smallest absolute Gasteiger partial charge is 0.303 e. The molecule has 0 radical (unpaired) electrons. The van der Waals surface area contributed by atoms with Crippen LogP contribution in [0.1, 0.15) is 53.0 Å². The number of esters is 1. The minimum atomic E-state index is -0.650. The van der Waals surface area contributed by atoms with Gasteiger partial charge in [0, 0.05) is 28.2 Å². The number of halogens is 1. The number of aromatic amines is 1. The normalized spacial score (nSPS) is 12.0. The number of ether oxygens (including phenoxy) is 1. The van der Waals surface area contributed by atoms with Crippen LogP contribution in [0.2, 0.25) is 0 Å². The molecular formula is C19H18BrN3O4. The zero-order valence-electron chi connectivity index (χ0n) is 15.3. The van der Waals surface area contributed by atoms with Gasteiger partial charge in [0.1, 0.15) is 5.69 Å². The van der Waals surface area contributed by atoms with Gasteiger partial charge in [-0.1, -0.05) is 28.1 Å². The van der Waals surface area contributed by atoms with Crippen molar-refractivity contribution in [1.29, 1.82) is 0 Å². The molecule has 0 aliphatic heterocycles. The third kappa shape index (κ3) is 3.85. The van der Waals surface area contributed by atoms with E-state index in [1.807, 2.05) is 26.0 Å². The Bertz CT molecular complexity index is 1020. The van der Waals surface area contributed by atoms with Crippen LogP contribution in [0.3, 0.4) is 0 Å². The van der Waals surface area contributed by atoms with E-state index in [1.54, 1.807) is 19.1 Å². The van der Waals surface area contributed by atoms with Gasteiger partial charge in [-0.2, -0.15) is 0 Å². The highest BCUT2D eigenvalue weighted by molar-refractivity contribution is 9.10. The molecule has 1 aromatic carbocycles. The summed E-state index contributed by atoms with van der Waals surface area (Å²) in [5.41, 5.74) is 3.14. The van der Waals surface area contributed by atoms with Crippen molar-refractivity contribution in [2.24, 2.45) is 0 Å². The molecule has 3 rings (SSSR count). The van der Waals surface area contributed by atoms with Crippen LogP contribution in [0.25, 0.3) is 11.6 Å². The highest BCUT2D eigenvalue weighted by atomic mass is 79.9. The summed E-state index contributed by atoms with van der Waals surface area (Å²) in [4.78, 5) is 27.2. The van der Waals surface area contributed by atoms with Gasteiger partial charge >= 0.3 is 5.97 Å². The molecule has 0 saturated heterocycles. The van der Waals surface area contributed by atoms with Gasteiger partial charge in [-0.05, 0) is 38.5 Å². The van der Waals surface area contributed by atoms with E-state index in [2.05, 4.69) is 31.1 Å². The number of rotatable bonds is 5.